The largest absolute Gasteiger partial charge is 0.480 e. The maximum Gasteiger partial charge on any atom is 0.434 e. The molecule has 0 aliphatic rings. The van der Waals surface area contributed by atoms with Crippen molar-refractivity contribution in [2.24, 2.45) is 5.73 Å². The maximum absolute atomic E-state index is 13.7. The Balaban J connectivity index is 1.94. The van der Waals surface area contributed by atoms with E-state index in [1.165, 1.54) is 43.5 Å². The first-order chi connectivity index (χ1) is 14.2. The van der Waals surface area contributed by atoms with Gasteiger partial charge in [0.2, 0.25) is 5.88 Å². The maximum atomic E-state index is 13.7. The topological polar surface area (TPSA) is 137 Å². The molecule has 3 rings (SSSR count). The van der Waals surface area contributed by atoms with Crippen LogP contribution in [-0.2, 0) is 6.18 Å². The van der Waals surface area contributed by atoms with Crippen molar-refractivity contribution in [1.82, 2.24) is 20.0 Å². The summed E-state index contributed by atoms with van der Waals surface area (Å²) in [6.45, 7) is 0. The summed E-state index contributed by atoms with van der Waals surface area (Å²) < 4.78 is 46.4. The van der Waals surface area contributed by atoms with E-state index < -0.39 is 29.4 Å². The molecule has 4 N–H and O–H groups in total. The van der Waals surface area contributed by atoms with Crippen LogP contribution in [-0.4, -0.2) is 39.0 Å². The van der Waals surface area contributed by atoms with Gasteiger partial charge in [-0.25, -0.2) is 9.48 Å². The molecule has 0 saturated heterocycles. The fourth-order valence-corrected chi connectivity index (χ4v) is 2.51. The molecule has 1 aromatic carbocycles. The zero-order valence-electron chi connectivity index (χ0n) is 15.3. The third-order valence-electron chi connectivity index (χ3n) is 3.72. The van der Waals surface area contributed by atoms with Crippen LogP contribution in [0.5, 0.6) is 5.88 Å². The number of nitrogens with zero attached hydrogens (tertiary/aromatic N) is 4. The van der Waals surface area contributed by atoms with Crippen molar-refractivity contribution in [2.75, 3.05) is 17.7 Å². The minimum absolute atomic E-state index is 0.0990. The lowest BCUT2D eigenvalue weighted by Gasteiger charge is -2.12. The Morgan fingerprint density at radius 2 is 1.80 bits per heavy atom. The van der Waals surface area contributed by atoms with Gasteiger partial charge in [-0.3, -0.25) is 4.79 Å². The van der Waals surface area contributed by atoms with Crippen LogP contribution in [0.3, 0.4) is 0 Å². The van der Waals surface area contributed by atoms with Crippen molar-refractivity contribution in [2.45, 2.75) is 6.18 Å². The molecule has 2 heterocycles. The first kappa shape index (κ1) is 20.6. The average Bonchev–Trinajstić information content (AvgIpc) is 3.14. The SMILES string of the molecule is COc1ccc(-n2ncc(C(=O)Nc3cccc(NC(N)=O)c3)c2C(F)(F)F)nn1. The summed E-state index contributed by atoms with van der Waals surface area (Å²) in [5.74, 6) is -1.22. The Kier molecular flexibility index (Phi) is 5.53. The van der Waals surface area contributed by atoms with Gasteiger partial charge in [0.15, 0.2) is 11.5 Å². The van der Waals surface area contributed by atoms with Crippen LogP contribution in [0, 0.1) is 0 Å². The molecule has 10 nitrogen and oxygen atoms in total. The van der Waals surface area contributed by atoms with E-state index in [0.717, 1.165) is 6.20 Å². The lowest BCUT2D eigenvalue weighted by molar-refractivity contribution is -0.143. The smallest absolute Gasteiger partial charge is 0.434 e. The van der Waals surface area contributed by atoms with Gasteiger partial charge in [0.05, 0.1) is 18.9 Å². The lowest BCUT2D eigenvalue weighted by atomic mass is 10.2. The van der Waals surface area contributed by atoms with Crippen LogP contribution in [0.2, 0.25) is 0 Å². The first-order valence-corrected chi connectivity index (χ1v) is 8.20. The number of rotatable bonds is 5. The number of hydrogen-bond donors (Lipinski definition) is 3. The summed E-state index contributed by atoms with van der Waals surface area (Å²) in [6, 6.07) is 7.41. The predicted octanol–water partition coefficient (Wildman–Crippen LogP) is 2.43. The third-order valence-corrected chi connectivity index (χ3v) is 3.72. The highest BCUT2D eigenvalue weighted by molar-refractivity contribution is 6.05. The molecule has 0 saturated carbocycles. The summed E-state index contributed by atoms with van der Waals surface area (Å²) in [4.78, 5) is 23.5. The fourth-order valence-electron chi connectivity index (χ4n) is 2.51. The number of aromatic nitrogens is 4. The number of benzene rings is 1. The van der Waals surface area contributed by atoms with Crippen molar-refractivity contribution in [3.8, 4) is 11.7 Å². The van der Waals surface area contributed by atoms with E-state index in [4.69, 9.17) is 10.5 Å². The second-order valence-corrected chi connectivity index (χ2v) is 5.77. The van der Waals surface area contributed by atoms with E-state index in [9.17, 15) is 22.8 Å². The van der Waals surface area contributed by atoms with Gasteiger partial charge in [0, 0.05) is 17.4 Å². The molecule has 0 aliphatic carbocycles. The molecule has 3 amide bonds. The van der Waals surface area contributed by atoms with Crippen molar-refractivity contribution in [1.29, 1.82) is 0 Å². The minimum Gasteiger partial charge on any atom is -0.480 e. The quantitative estimate of drug-likeness (QED) is 0.579. The lowest BCUT2D eigenvalue weighted by Crippen LogP contribution is -2.21. The number of primary amides is 1. The Hall–Kier alpha value is -4.16. The summed E-state index contributed by atoms with van der Waals surface area (Å²) in [5.41, 5.74) is 3.35. The van der Waals surface area contributed by atoms with Gasteiger partial charge >= 0.3 is 12.2 Å². The Morgan fingerprint density at radius 3 is 2.37 bits per heavy atom. The number of methoxy groups -OCH3 is 1. The van der Waals surface area contributed by atoms with Crippen LogP contribution in [0.4, 0.5) is 29.3 Å². The molecule has 0 fully saturated rings. The number of amides is 3. The molecule has 0 aliphatic heterocycles. The number of carbonyl (C=O) groups excluding carboxylic acids is 2. The highest BCUT2D eigenvalue weighted by Crippen LogP contribution is 2.33. The number of anilines is 2. The van der Waals surface area contributed by atoms with E-state index in [1.54, 1.807) is 0 Å². The zero-order chi connectivity index (χ0) is 21.9. The number of urea groups is 1. The number of ether oxygens (including phenoxy) is 1. The van der Waals surface area contributed by atoms with Gasteiger partial charge in [-0.2, -0.15) is 18.3 Å². The summed E-state index contributed by atoms with van der Waals surface area (Å²) in [7, 11) is 1.33. The number of alkyl halides is 3. The van der Waals surface area contributed by atoms with Gasteiger partial charge in [-0.1, -0.05) is 6.07 Å². The molecule has 0 bridgehead atoms. The number of hydrogen-bond acceptors (Lipinski definition) is 6. The van der Waals surface area contributed by atoms with Gasteiger partial charge in [0.25, 0.3) is 5.91 Å². The van der Waals surface area contributed by atoms with Crippen LogP contribution < -0.4 is 21.1 Å². The molecule has 0 unspecified atom stereocenters. The fraction of sp³-hybridized carbons (Fsp3) is 0.118. The molecule has 3 aromatic rings. The monoisotopic (exact) mass is 421 g/mol. The Labute approximate surface area is 166 Å². The molecular weight excluding hydrogens is 407 g/mol. The predicted molar refractivity (Wildman–Crippen MR) is 98.3 cm³/mol. The summed E-state index contributed by atoms with van der Waals surface area (Å²) in [6.07, 6.45) is -4.14. The van der Waals surface area contributed by atoms with Crippen molar-refractivity contribution >= 4 is 23.3 Å². The third kappa shape index (κ3) is 4.45. The highest BCUT2D eigenvalue weighted by atomic mass is 19.4. The second kappa shape index (κ2) is 8.06. The first-order valence-electron chi connectivity index (χ1n) is 8.20. The summed E-state index contributed by atoms with van der Waals surface area (Å²) >= 11 is 0. The van der Waals surface area contributed by atoms with Crippen LogP contribution in [0.1, 0.15) is 16.1 Å². The second-order valence-electron chi connectivity index (χ2n) is 5.77. The van der Waals surface area contributed by atoms with E-state index in [2.05, 4.69) is 25.9 Å². The van der Waals surface area contributed by atoms with Crippen LogP contribution in [0.25, 0.3) is 5.82 Å². The zero-order valence-corrected chi connectivity index (χ0v) is 15.3. The van der Waals surface area contributed by atoms with Gasteiger partial charge in [-0.15, -0.1) is 10.2 Å². The molecule has 2 aromatic heterocycles. The van der Waals surface area contributed by atoms with Crippen molar-refractivity contribution in [3.63, 3.8) is 0 Å². The van der Waals surface area contributed by atoms with Gasteiger partial charge < -0.3 is 21.1 Å². The Bertz CT molecular complexity index is 1080. The van der Waals surface area contributed by atoms with E-state index in [0.29, 0.717) is 4.68 Å². The standard InChI is InChI=1S/C17H14F3N7O3/c1-30-13-6-5-12(25-26-13)27-14(17(18,19)20)11(8-22-27)15(28)23-9-3-2-4-10(7-9)24-16(21)29/h2-8H,1H3,(H,23,28)(H3,21,24,29). The molecule has 0 atom stereocenters. The Morgan fingerprint density at radius 1 is 1.10 bits per heavy atom. The number of carbonyl (C=O) groups is 2. The number of halogens is 3. The van der Waals surface area contributed by atoms with Crippen LogP contribution >= 0.6 is 0 Å². The minimum atomic E-state index is -4.92. The molecule has 0 spiro atoms. The van der Waals surface area contributed by atoms with Crippen molar-refractivity contribution in [3.05, 3.63) is 53.9 Å². The van der Waals surface area contributed by atoms with Crippen molar-refractivity contribution < 1.29 is 27.5 Å². The summed E-state index contributed by atoms with van der Waals surface area (Å²) in [5, 5.41) is 15.5. The molecule has 0 radical (unpaired) electrons. The number of nitrogens with two attached hydrogens (primary N) is 1. The van der Waals surface area contributed by atoms with E-state index in [-0.39, 0.29) is 23.1 Å². The molecular formula is C17H14F3N7O3. The normalized spacial score (nSPS) is 11.1. The van der Waals surface area contributed by atoms with E-state index >= 15 is 0 Å². The van der Waals surface area contributed by atoms with Gasteiger partial charge in [0.1, 0.15) is 0 Å². The molecule has 13 heteroatoms. The average molecular weight is 421 g/mol. The highest BCUT2D eigenvalue weighted by Gasteiger charge is 2.41. The molecule has 156 valence electrons. The van der Waals surface area contributed by atoms with Gasteiger partial charge in [-0.05, 0) is 24.3 Å². The number of nitrogens with one attached hydrogen (secondary N) is 2. The van der Waals surface area contributed by atoms with E-state index in [1.807, 2.05) is 0 Å². The van der Waals surface area contributed by atoms with Crippen LogP contribution in [0.15, 0.2) is 42.6 Å². The molecule has 30 heavy (non-hydrogen) atoms.